The number of carbonyl (C=O) groups is 1. The van der Waals surface area contributed by atoms with Crippen LogP contribution < -0.4 is 5.32 Å². The molecule has 0 aliphatic carbocycles. The number of thiazole rings is 1. The van der Waals surface area contributed by atoms with Gasteiger partial charge >= 0.3 is 0 Å². The van der Waals surface area contributed by atoms with Gasteiger partial charge in [0.2, 0.25) is 0 Å². The quantitative estimate of drug-likeness (QED) is 0.681. The maximum atomic E-state index is 12.6. The van der Waals surface area contributed by atoms with E-state index in [1.807, 2.05) is 53.5 Å². The molecule has 5 nitrogen and oxygen atoms in total. The van der Waals surface area contributed by atoms with E-state index in [0.29, 0.717) is 12.2 Å². The molecule has 0 bridgehead atoms. The van der Waals surface area contributed by atoms with Gasteiger partial charge in [0.1, 0.15) is 10.7 Å². The second-order valence-electron chi connectivity index (χ2n) is 6.33. The highest BCUT2D eigenvalue weighted by atomic mass is 32.2. The second-order valence-corrected chi connectivity index (χ2v) is 8.42. The summed E-state index contributed by atoms with van der Waals surface area (Å²) in [5.74, 6) is 2.11. The van der Waals surface area contributed by atoms with Crippen molar-refractivity contribution in [2.75, 3.05) is 31.1 Å². The normalized spacial score (nSPS) is 16.1. The van der Waals surface area contributed by atoms with Crippen LogP contribution in [0.25, 0.3) is 10.6 Å². The standard InChI is InChI=1S/C20H21N3O2S2/c24-19(17-14-27-20(22-17)15-4-2-1-3-5-15)21-12-18(16-6-9-25-13-16)23-7-10-26-11-8-23/h1-6,9,13-14,18H,7-8,10-12H2,(H,21,24)/t18-/m0/s1. The number of aromatic nitrogens is 1. The van der Waals surface area contributed by atoms with Crippen molar-refractivity contribution in [3.63, 3.8) is 0 Å². The van der Waals surface area contributed by atoms with Gasteiger partial charge in [-0.15, -0.1) is 11.3 Å². The van der Waals surface area contributed by atoms with Gasteiger partial charge in [0.25, 0.3) is 5.91 Å². The maximum Gasteiger partial charge on any atom is 0.270 e. The lowest BCUT2D eigenvalue weighted by Gasteiger charge is -2.33. The molecule has 0 spiro atoms. The van der Waals surface area contributed by atoms with Gasteiger partial charge in [-0.25, -0.2) is 4.98 Å². The summed E-state index contributed by atoms with van der Waals surface area (Å²) in [4.78, 5) is 19.6. The highest BCUT2D eigenvalue weighted by Crippen LogP contribution is 2.25. The molecule has 1 amide bonds. The van der Waals surface area contributed by atoms with Crippen LogP contribution in [0.4, 0.5) is 0 Å². The van der Waals surface area contributed by atoms with Crippen LogP contribution in [0.3, 0.4) is 0 Å². The van der Waals surface area contributed by atoms with E-state index in [9.17, 15) is 4.79 Å². The summed E-state index contributed by atoms with van der Waals surface area (Å²) < 4.78 is 5.27. The number of thioether (sulfide) groups is 1. The summed E-state index contributed by atoms with van der Waals surface area (Å²) in [6.07, 6.45) is 3.46. The van der Waals surface area contributed by atoms with Crippen LogP contribution in [0.5, 0.6) is 0 Å². The van der Waals surface area contributed by atoms with E-state index in [1.165, 1.54) is 11.3 Å². The molecule has 140 valence electrons. The molecule has 0 radical (unpaired) electrons. The van der Waals surface area contributed by atoms with Gasteiger partial charge < -0.3 is 9.73 Å². The summed E-state index contributed by atoms with van der Waals surface area (Å²) in [5, 5.41) is 5.75. The average Bonchev–Trinajstić information content (AvgIpc) is 3.42. The molecule has 1 atom stereocenters. The fourth-order valence-electron chi connectivity index (χ4n) is 3.18. The van der Waals surface area contributed by atoms with E-state index < -0.39 is 0 Å². The van der Waals surface area contributed by atoms with E-state index in [4.69, 9.17) is 4.42 Å². The zero-order valence-electron chi connectivity index (χ0n) is 14.8. The zero-order valence-corrected chi connectivity index (χ0v) is 16.5. The molecule has 4 rings (SSSR count). The topological polar surface area (TPSA) is 58.4 Å². The Hall–Kier alpha value is -2.09. The van der Waals surface area contributed by atoms with E-state index >= 15 is 0 Å². The molecule has 3 heterocycles. The van der Waals surface area contributed by atoms with Crippen LogP contribution in [0.15, 0.2) is 58.7 Å². The Morgan fingerprint density at radius 3 is 2.78 bits per heavy atom. The van der Waals surface area contributed by atoms with Gasteiger partial charge in [0.05, 0.1) is 18.6 Å². The summed E-state index contributed by atoms with van der Waals surface area (Å²) in [5.41, 5.74) is 2.60. The molecule has 0 unspecified atom stereocenters. The van der Waals surface area contributed by atoms with Gasteiger partial charge in [0, 0.05) is 47.6 Å². The Morgan fingerprint density at radius 2 is 2.04 bits per heavy atom. The Morgan fingerprint density at radius 1 is 1.22 bits per heavy atom. The van der Waals surface area contributed by atoms with Crippen LogP contribution in [-0.4, -0.2) is 46.9 Å². The van der Waals surface area contributed by atoms with Gasteiger partial charge in [-0.2, -0.15) is 11.8 Å². The second kappa shape index (κ2) is 8.73. The zero-order chi connectivity index (χ0) is 18.5. The molecule has 1 fully saturated rings. The molecule has 27 heavy (non-hydrogen) atoms. The smallest absolute Gasteiger partial charge is 0.270 e. The number of hydrogen-bond donors (Lipinski definition) is 1. The molecule has 2 aromatic heterocycles. The molecule has 1 aliphatic rings. The van der Waals surface area contributed by atoms with Crippen molar-refractivity contribution in [2.45, 2.75) is 6.04 Å². The molecule has 1 N–H and O–H groups in total. The minimum atomic E-state index is -0.131. The van der Waals surface area contributed by atoms with Crippen molar-refractivity contribution in [2.24, 2.45) is 0 Å². The lowest BCUT2D eigenvalue weighted by Crippen LogP contribution is -2.42. The monoisotopic (exact) mass is 399 g/mol. The van der Waals surface area contributed by atoms with Crippen molar-refractivity contribution in [1.29, 1.82) is 0 Å². The lowest BCUT2D eigenvalue weighted by atomic mass is 10.1. The maximum absolute atomic E-state index is 12.6. The van der Waals surface area contributed by atoms with Gasteiger partial charge in [-0.05, 0) is 6.07 Å². The number of carbonyl (C=O) groups excluding carboxylic acids is 1. The first-order chi connectivity index (χ1) is 13.3. The van der Waals surface area contributed by atoms with Crippen LogP contribution in [0.1, 0.15) is 22.1 Å². The van der Waals surface area contributed by atoms with Crippen LogP contribution in [0.2, 0.25) is 0 Å². The van der Waals surface area contributed by atoms with E-state index in [-0.39, 0.29) is 11.9 Å². The Bertz CT molecular complexity index is 859. The number of benzene rings is 1. The van der Waals surface area contributed by atoms with E-state index in [2.05, 4.69) is 15.2 Å². The molecule has 7 heteroatoms. The first-order valence-corrected chi connectivity index (χ1v) is 11.0. The predicted molar refractivity (Wildman–Crippen MR) is 110 cm³/mol. The average molecular weight is 400 g/mol. The van der Waals surface area contributed by atoms with Crippen molar-refractivity contribution < 1.29 is 9.21 Å². The first kappa shape index (κ1) is 18.3. The molecular weight excluding hydrogens is 378 g/mol. The number of furan rings is 1. The fraction of sp³-hybridized carbons (Fsp3) is 0.300. The summed E-state index contributed by atoms with van der Waals surface area (Å²) >= 11 is 3.47. The molecule has 0 saturated carbocycles. The van der Waals surface area contributed by atoms with Crippen LogP contribution in [-0.2, 0) is 0 Å². The van der Waals surface area contributed by atoms with Crippen molar-refractivity contribution >= 4 is 29.0 Å². The lowest BCUT2D eigenvalue weighted by molar-refractivity contribution is 0.0930. The Kier molecular flexibility index (Phi) is 5.91. The van der Waals surface area contributed by atoms with E-state index in [0.717, 1.165) is 40.7 Å². The third kappa shape index (κ3) is 4.43. The minimum Gasteiger partial charge on any atom is -0.472 e. The van der Waals surface area contributed by atoms with E-state index in [1.54, 1.807) is 12.5 Å². The van der Waals surface area contributed by atoms with Crippen LogP contribution in [0, 0.1) is 0 Å². The number of nitrogens with zero attached hydrogens (tertiary/aromatic N) is 2. The van der Waals surface area contributed by atoms with Gasteiger partial charge in [-0.1, -0.05) is 30.3 Å². The number of amides is 1. The summed E-state index contributed by atoms with van der Waals surface area (Å²) in [7, 11) is 0. The molecular formula is C20H21N3O2S2. The predicted octanol–water partition coefficient (Wildman–Crippen LogP) is 3.92. The number of rotatable bonds is 6. The summed E-state index contributed by atoms with van der Waals surface area (Å²) in [6.45, 7) is 2.58. The van der Waals surface area contributed by atoms with Crippen molar-refractivity contribution in [3.8, 4) is 10.6 Å². The Balaban J connectivity index is 1.43. The molecule has 1 aromatic carbocycles. The van der Waals surface area contributed by atoms with Gasteiger partial charge in [-0.3, -0.25) is 9.69 Å². The highest BCUT2D eigenvalue weighted by molar-refractivity contribution is 7.99. The van der Waals surface area contributed by atoms with Crippen LogP contribution >= 0.6 is 23.1 Å². The third-order valence-corrected chi connectivity index (χ3v) is 6.46. The minimum absolute atomic E-state index is 0.126. The SMILES string of the molecule is O=C(NC[C@@H](c1ccoc1)N1CCSCC1)c1csc(-c2ccccc2)n1. The third-order valence-electron chi connectivity index (χ3n) is 4.63. The number of nitrogens with one attached hydrogen (secondary N) is 1. The van der Waals surface area contributed by atoms with Gasteiger partial charge in [0.15, 0.2) is 0 Å². The molecule has 1 saturated heterocycles. The molecule has 3 aromatic rings. The Labute approximate surface area is 166 Å². The largest absolute Gasteiger partial charge is 0.472 e. The fourth-order valence-corrected chi connectivity index (χ4v) is 4.92. The van der Waals surface area contributed by atoms with Crippen molar-refractivity contribution in [1.82, 2.24) is 15.2 Å². The number of hydrogen-bond acceptors (Lipinski definition) is 6. The molecule has 1 aliphatic heterocycles. The van der Waals surface area contributed by atoms with Crippen molar-refractivity contribution in [3.05, 3.63) is 65.6 Å². The highest BCUT2D eigenvalue weighted by Gasteiger charge is 2.24. The first-order valence-electron chi connectivity index (χ1n) is 8.94. The summed E-state index contributed by atoms with van der Waals surface area (Å²) in [6, 6.07) is 12.0.